The van der Waals surface area contributed by atoms with Crippen molar-refractivity contribution in [3.63, 3.8) is 0 Å². The molecule has 1 heterocycles. The summed E-state index contributed by atoms with van der Waals surface area (Å²) in [6, 6.07) is 0. The molecule has 0 aromatic heterocycles. The fourth-order valence-corrected chi connectivity index (χ4v) is 0.713. The highest BCUT2D eigenvalue weighted by Crippen LogP contribution is 2.10. The van der Waals surface area contributed by atoms with Crippen LogP contribution in [-0.2, 0) is 0 Å². The van der Waals surface area contributed by atoms with Crippen LogP contribution in [0.25, 0.3) is 0 Å². The van der Waals surface area contributed by atoms with Gasteiger partial charge < -0.3 is 0 Å². The molecule has 0 bridgehead atoms. The van der Waals surface area contributed by atoms with E-state index in [2.05, 4.69) is 10.5 Å². The Morgan fingerprint density at radius 1 is 2.00 bits per heavy atom. The second-order valence-electron chi connectivity index (χ2n) is 0.966. The molecule has 1 radical (unpaired) electrons. The van der Waals surface area contributed by atoms with Gasteiger partial charge in [0.15, 0.2) is 0 Å². The highest BCUT2D eigenvalue weighted by Gasteiger charge is 2.06. The van der Waals surface area contributed by atoms with Crippen molar-refractivity contribution in [3.8, 4) is 0 Å². The van der Waals surface area contributed by atoms with Gasteiger partial charge in [-0.2, -0.15) is 0 Å². The lowest BCUT2D eigenvalue weighted by molar-refractivity contribution is 0.388. The van der Waals surface area contributed by atoms with Crippen LogP contribution < -0.4 is 0 Å². The Labute approximate surface area is 39.6 Å². The van der Waals surface area contributed by atoms with Gasteiger partial charge in [0.05, 0.1) is 5.75 Å². The van der Waals surface area contributed by atoms with Crippen LogP contribution in [0.3, 0.4) is 0 Å². The van der Waals surface area contributed by atoms with Gasteiger partial charge in [0.1, 0.15) is 5.55 Å². The second-order valence-corrected chi connectivity index (χ2v) is 1.77. The van der Waals surface area contributed by atoms with Crippen molar-refractivity contribution < 1.29 is 4.39 Å². The highest BCUT2D eigenvalue weighted by molar-refractivity contribution is 8.12. The van der Waals surface area contributed by atoms with Crippen LogP contribution in [0, 0.1) is 0 Å². The van der Waals surface area contributed by atoms with E-state index in [1.165, 1.54) is 11.8 Å². The van der Waals surface area contributed by atoms with Crippen LogP contribution in [0.2, 0.25) is 0 Å². The average Bonchev–Trinajstić information content (AvgIpc) is 1.86. The lowest BCUT2D eigenvalue weighted by Gasteiger charge is -1.82. The molecule has 0 saturated heterocycles. The van der Waals surface area contributed by atoms with Gasteiger partial charge in [-0.05, 0) is 0 Å². The molecule has 0 aliphatic carbocycles. The van der Waals surface area contributed by atoms with E-state index < -0.39 is 6.30 Å². The van der Waals surface area contributed by atoms with Gasteiger partial charge >= 0.3 is 0 Å². The topological polar surface area (TPSA) is 12.4 Å². The molecule has 0 amide bonds. The van der Waals surface area contributed by atoms with Crippen LogP contribution in [-0.4, -0.2) is 17.6 Å². The maximum atomic E-state index is 11.7. The van der Waals surface area contributed by atoms with E-state index in [9.17, 15) is 4.39 Å². The quantitative estimate of drug-likeness (QED) is 0.416. The zero-order valence-electron chi connectivity index (χ0n) is 3.02. The maximum absolute atomic E-state index is 11.7. The van der Waals surface area contributed by atoms with Crippen LogP contribution in [0.5, 0.6) is 0 Å². The smallest absolute Gasteiger partial charge is 0.200 e. The molecule has 0 fully saturated rings. The molecular weight excluding hydrogens is 101 g/mol. The molecule has 0 aromatic rings. The first kappa shape index (κ1) is 4.12. The van der Waals surface area contributed by atoms with Gasteiger partial charge in [0, 0.05) is 0 Å². The minimum Gasteiger partial charge on any atom is -0.238 e. The van der Waals surface area contributed by atoms with E-state index in [0.29, 0.717) is 5.75 Å². The van der Waals surface area contributed by atoms with E-state index in [0.717, 1.165) is 0 Å². The molecular formula is C3H3FNS. The van der Waals surface area contributed by atoms with Crippen molar-refractivity contribution in [1.29, 1.82) is 0 Å². The Bertz CT molecular complexity index is 73.2. The zero-order valence-corrected chi connectivity index (χ0v) is 3.83. The van der Waals surface area contributed by atoms with Crippen molar-refractivity contribution in [2.75, 3.05) is 5.75 Å². The van der Waals surface area contributed by atoms with E-state index in [1.807, 2.05) is 0 Å². The molecule has 1 aliphatic heterocycles. The summed E-state index contributed by atoms with van der Waals surface area (Å²) >= 11 is 1.29. The van der Waals surface area contributed by atoms with Crippen molar-refractivity contribution in [2.45, 2.75) is 6.30 Å². The fraction of sp³-hybridized carbons (Fsp3) is 0.667. The summed E-state index contributed by atoms with van der Waals surface area (Å²) in [4.78, 5) is 3.28. The molecule has 3 heteroatoms. The molecule has 0 saturated carbocycles. The predicted molar refractivity (Wildman–Crippen MR) is 24.8 cm³/mol. The Morgan fingerprint density at radius 3 is 3.00 bits per heavy atom. The highest BCUT2D eigenvalue weighted by atomic mass is 32.2. The molecule has 0 spiro atoms. The van der Waals surface area contributed by atoms with Gasteiger partial charge in [0.2, 0.25) is 6.30 Å². The summed E-state index contributed by atoms with van der Waals surface area (Å²) in [5.41, 5.74) is 2.44. The summed E-state index contributed by atoms with van der Waals surface area (Å²) in [5.74, 6) is 0.458. The van der Waals surface area contributed by atoms with E-state index in [4.69, 9.17) is 0 Å². The Morgan fingerprint density at radius 2 is 2.83 bits per heavy atom. The van der Waals surface area contributed by atoms with Crippen LogP contribution in [0.4, 0.5) is 4.39 Å². The summed E-state index contributed by atoms with van der Waals surface area (Å²) in [6.07, 6.45) is -0.977. The third kappa shape index (κ3) is 0.712. The summed E-state index contributed by atoms with van der Waals surface area (Å²) in [6.45, 7) is 0. The molecule has 1 unspecified atom stereocenters. The predicted octanol–water partition coefficient (Wildman–Crippen LogP) is 0.934. The van der Waals surface area contributed by atoms with Gasteiger partial charge in [0.25, 0.3) is 0 Å². The lowest BCUT2D eigenvalue weighted by Crippen LogP contribution is -1.89. The number of hydrogen-bond acceptors (Lipinski definition) is 2. The third-order valence-electron chi connectivity index (χ3n) is 0.478. The number of aliphatic imine (C=N–C) groups is 1. The molecule has 0 N–H and O–H groups in total. The van der Waals surface area contributed by atoms with Crippen molar-refractivity contribution in [2.24, 2.45) is 4.99 Å². The van der Waals surface area contributed by atoms with E-state index in [-0.39, 0.29) is 0 Å². The molecule has 6 heavy (non-hydrogen) atoms. The number of halogens is 1. The maximum Gasteiger partial charge on any atom is 0.200 e. The van der Waals surface area contributed by atoms with E-state index in [1.54, 1.807) is 0 Å². The molecule has 1 nitrogen and oxygen atoms in total. The minimum atomic E-state index is -0.977. The molecule has 1 atom stereocenters. The van der Waals surface area contributed by atoms with Crippen molar-refractivity contribution >= 4 is 17.3 Å². The van der Waals surface area contributed by atoms with E-state index >= 15 is 0 Å². The van der Waals surface area contributed by atoms with Crippen LogP contribution in [0.15, 0.2) is 4.99 Å². The van der Waals surface area contributed by atoms with Crippen molar-refractivity contribution in [1.82, 2.24) is 0 Å². The number of hydrogen-bond donors (Lipinski definition) is 0. The molecule has 33 valence electrons. The minimum absolute atomic E-state index is 0.458. The SMILES string of the molecule is FC1CS[C]=N1. The first-order chi connectivity index (χ1) is 2.89. The number of nitrogens with zero attached hydrogens (tertiary/aromatic N) is 1. The standard InChI is InChI=1S/C3H3FNS/c4-3-1-6-2-5-3/h3H,1H2. The second kappa shape index (κ2) is 1.60. The van der Waals surface area contributed by atoms with Gasteiger partial charge in [-0.15, -0.1) is 0 Å². The zero-order chi connectivity index (χ0) is 4.41. The van der Waals surface area contributed by atoms with Crippen LogP contribution >= 0.6 is 11.8 Å². The lowest BCUT2D eigenvalue weighted by atomic mass is 10.7. The first-order valence-electron chi connectivity index (χ1n) is 1.60. The van der Waals surface area contributed by atoms with Crippen LogP contribution in [0.1, 0.15) is 0 Å². The number of rotatable bonds is 0. The first-order valence-corrected chi connectivity index (χ1v) is 2.59. The summed E-state index contributed by atoms with van der Waals surface area (Å²) in [7, 11) is 0. The van der Waals surface area contributed by atoms with Crippen molar-refractivity contribution in [3.05, 3.63) is 0 Å². The Kier molecular flexibility index (Phi) is 1.10. The Hall–Kier alpha value is -0.0500. The Balaban J connectivity index is 2.38. The normalized spacial score (nSPS) is 31.8. The summed E-state index contributed by atoms with van der Waals surface area (Å²) < 4.78 is 11.7. The largest absolute Gasteiger partial charge is 0.238 e. The molecule has 0 aromatic carbocycles. The third-order valence-corrected chi connectivity index (χ3v) is 1.15. The van der Waals surface area contributed by atoms with Gasteiger partial charge in [-0.1, -0.05) is 11.8 Å². The average molecular weight is 104 g/mol. The molecule has 1 aliphatic rings. The molecule has 1 rings (SSSR count). The monoisotopic (exact) mass is 104 g/mol. The fourth-order valence-electron chi connectivity index (χ4n) is 0.238. The van der Waals surface area contributed by atoms with Gasteiger partial charge in [-0.25, -0.2) is 9.38 Å². The number of thioether (sulfide) groups is 1. The summed E-state index contributed by atoms with van der Waals surface area (Å²) in [5, 5.41) is 0. The number of alkyl halides is 1. The van der Waals surface area contributed by atoms with Gasteiger partial charge in [-0.3, -0.25) is 0 Å².